The molecule has 0 spiro atoms. The van der Waals surface area contributed by atoms with Crippen molar-refractivity contribution in [2.75, 3.05) is 19.6 Å². The van der Waals surface area contributed by atoms with Gasteiger partial charge in [0.15, 0.2) is 0 Å². The number of rotatable bonds is 4. The molecule has 0 N–H and O–H groups in total. The Morgan fingerprint density at radius 1 is 1.04 bits per heavy atom. The molecule has 1 aromatic carbocycles. The summed E-state index contributed by atoms with van der Waals surface area (Å²) in [5, 5.41) is 0. The molecule has 0 aliphatic carbocycles. The van der Waals surface area contributed by atoms with Crippen LogP contribution in [-0.4, -0.2) is 48.3 Å². The van der Waals surface area contributed by atoms with E-state index >= 15 is 0 Å². The summed E-state index contributed by atoms with van der Waals surface area (Å²) in [6, 6.07) is 13.3. The number of pyridine rings is 1. The van der Waals surface area contributed by atoms with Crippen LogP contribution in [0.25, 0.3) is 0 Å². The Labute approximate surface area is 155 Å². The minimum atomic E-state index is -3.45. The molecule has 0 radical (unpaired) electrons. The largest absolute Gasteiger partial charge is 0.296 e. The highest BCUT2D eigenvalue weighted by molar-refractivity contribution is 7.89. The van der Waals surface area contributed by atoms with Gasteiger partial charge < -0.3 is 0 Å². The molecule has 26 heavy (non-hydrogen) atoms. The van der Waals surface area contributed by atoms with Gasteiger partial charge in [-0.15, -0.1) is 0 Å². The van der Waals surface area contributed by atoms with Gasteiger partial charge >= 0.3 is 0 Å². The molecule has 1 aromatic heterocycles. The number of aryl methyl sites for hydroxylation is 1. The maximum absolute atomic E-state index is 13.3. The molecule has 2 bridgehead atoms. The van der Waals surface area contributed by atoms with Gasteiger partial charge in [-0.25, -0.2) is 8.42 Å². The van der Waals surface area contributed by atoms with Gasteiger partial charge in [0.05, 0.1) is 10.6 Å². The Balaban J connectivity index is 1.58. The van der Waals surface area contributed by atoms with Crippen molar-refractivity contribution in [3.8, 4) is 0 Å². The van der Waals surface area contributed by atoms with E-state index in [0.717, 1.165) is 43.7 Å². The lowest BCUT2D eigenvalue weighted by molar-refractivity contribution is 0.225. The maximum atomic E-state index is 13.3. The Hall–Kier alpha value is -1.76. The van der Waals surface area contributed by atoms with Crippen molar-refractivity contribution >= 4 is 10.0 Å². The predicted molar refractivity (Wildman–Crippen MR) is 101 cm³/mol. The normalized spacial score (nSPS) is 24.5. The van der Waals surface area contributed by atoms with Gasteiger partial charge in [-0.1, -0.05) is 24.3 Å². The van der Waals surface area contributed by atoms with Gasteiger partial charge in [0.25, 0.3) is 0 Å². The van der Waals surface area contributed by atoms with Crippen LogP contribution in [0.1, 0.15) is 24.1 Å². The fraction of sp³-hybridized carbons (Fsp3) is 0.450. The molecule has 2 atom stereocenters. The Bertz CT molecular complexity index is 870. The third-order valence-electron chi connectivity index (χ3n) is 5.53. The van der Waals surface area contributed by atoms with Crippen LogP contribution in [0, 0.1) is 12.8 Å². The number of aromatic nitrogens is 1. The maximum Gasteiger partial charge on any atom is 0.243 e. The molecule has 3 fully saturated rings. The fourth-order valence-electron chi connectivity index (χ4n) is 4.25. The molecule has 0 saturated carbocycles. The highest BCUT2D eigenvalue weighted by atomic mass is 32.2. The van der Waals surface area contributed by atoms with E-state index < -0.39 is 10.0 Å². The van der Waals surface area contributed by atoms with Gasteiger partial charge in [-0.05, 0) is 49.4 Å². The van der Waals surface area contributed by atoms with Crippen LogP contribution in [0.5, 0.6) is 0 Å². The van der Waals surface area contributed by atoms with Gasteiger partial charge in [-0.3, -0.25) is 9.88 Å². The number of benzene rings is 1. The molecule has 0 unspecified atom stereocenters. The highest BCUT2D eigenvalue weighted by Gasteiger charge is 2.41. The topological polar surface area (TPSA) is 53.5 Å². The number of hydrogen-bond donors (Lipinski definition) is 0. The van der Waals surface area contributed by atoms with E-state index in [1.807, 2.05) is 49.5 Å². The summed E-state index contributed by atoms with van der Waals surface area (Å²) >= 11 is 0. The molecule has 3 saturated heterocycles. The smallest absolute Gasteiger partial charge is 0.243 e. The van der Waals surface area contributed by atoms with E-state index in [1.54, 1.807) is 10.4 Å². The molecule has 2 aromatic rings. The highest BCUT2D eigenvalue weighted by Crippen LogP contribution is 2.33. The SMILES string of the molecule is Cc1ccccc1S(=O)(=O)N1C[C@H]2CC[C@@H]1CN(Cc1ccccn1)C2. The zero-order valence-electron chi connectivity index (χ0n) is 15.1. The molecule has 4 heterocycles. The number of sulfonamides is 1. The average Bonchev–Trinajstić information content (AvgIpc) is 2.93. The van der Waals surface area contributed by atoms with Crippen molar-refractivity contribution in [1.82, 2.24) is 14.2 Å². The van der Waals surface area contributed by atoms with Crippen LogP contribution in [0.4, 0.5) is 0 Å². The summed E-state index contributed by atoms with van der Waals surface area (Å²) in [5.41, 5.74) is 1.86. The number of hydrogen-bond acceptors (Lipinski definition) is 4. The fourth-order valence-corrected chi connectivity index (χ4v) is 6.20. The van der Waals surface area contributed by atoms with Gasteiger partial charge in [-0.2, -0.15) is 4.31 Å². The summed E-state index contributed by atoms with van der Waals surface area (Å²) in [6.45, 7) is 4.99. The summed E-state index contributed by atoms with van der Waals surface area (Å²) in [7, 11) is -3.45. The average molecular weight is 372 g/mol. The minimum absolute atomic E-state index is 0.0436. The first-order valence-electron chi connectivity index (χ1n) is 9.24. The molecule has 3 aliphatic heterocycles. The second kappa shape index (κ2) is 7.10. The van der Waals surface area contributed by atoms with Crippen LogP contribution in [0.2, 0.25) is 0 Å². The third kappa shape index (κ3) is 3.41. The van der Waals surface area contributed by atoms with Crippen LogP contribution in [-0.2, 0) is 16.6 Å². The second-order valence-electron chi connectivity index (χ2n) is 7.45. The molecule has 3 aliphatic rings. The molecule has 138 valence electrons. The molecule has 6 heteroatoms. The summed E-state index contributed by atoms with van der Waals surface area (Å²) in [4.78, 5) is 7.25. The van der Waals surface area contributed by atoms with E-state index in [4.69, 9.17) is 0 Å². The second-order valence-corrected chi connectivity index (χ2v) is 9.31. The summed E-state index contributed by atoms with van der Waals surface area (Å²) in [5.74, 6) is 0.385. The number of piperidine rings is 1. The molecule has 5 rings (SSSR count). The van der Waals surface area contributed by atoms with Crippen molar-refractivity contribution in [3.63, 3.8) is 0 Å². The van der Waals surface area contributed by atoms with Gasteiger partial charge in [0.2, 0.25) is 10.0 Å². The first-order chi connectivity index (χ1) is 12.5. The van der Waals surface area contributed by atoms with Crippen molar-refractivity contribution in [1.29, 1.82) is 0 Å². The van der Waals surface area contributed by atoms with Gasteiger partial charge in [0, 0.05) is 38.4 Å². The lowest BCUT2D eigenvalue weighted by atomic mass is 9.97. The Kier molecular flexibility index (Phi) is 4.82. The first kappa shape index (κ1) is 17.6. The quantitative estimate of drug-likeness (QED) is 0.829. The molecular formula is C20H25N3O2S. The Morgan fingerprint density at radius 2 is 1.85 bits per heavy atom. The summed E-state index contributed by atoms with van der Waals surface area (Å²) in [6.07, 6.45) is 3.86. The van der Waals surface area contributed by atoms with Crippen molar-refractivity contribution in [2.24, 2.45) is 5.92 Å². The molecular weight excluding hydrogens is 346 g/mol. The summed E-state index contributed by atoms with van der Waals surface area (Å²) < 4.78 is 28.4. The van der Waals surface area contributed by atoms with E-state index in [-0.39, 0.29) is 6.04 Å². The van der Waals surface area contributed by atoms with E-state index in [9.17, 15) is 8.42 Å². The zero-order chi connectivity index (χ0) is 18.1. The van der Waals surface area contributed by atoms with Crippen molar-refractivity contribution in [2.45, 2.75) is 37.2 Å². The van der Waals surface area contributed by atoms with Crippen LogP contribution in [0.15, 0.2) is 53.6 Å². The van der Waals surface area contributed by atoms with Crippen LogP contribution < -0.4 is 0 Å². The Morgan fingerprint density at radius 3 is 2.62 bits per heavy atom. The minimum Gasteiger partial charge on any atom is -0.296 e. The monoisotopic (exact) mass is 371 g/mol. The van der Waals surface area contributed by atoms with E-state index in [1.165, 1.54) is 0 Å². The van der Waals surface area contributed by atoms with Crippen molar-refractivity contribution in [3.05, 3.63) is 59.9 Å². The van der Waals surface area contributed by atoms with Crippen molar-refractivity contribution < 1.29 is 8.42 Å². The van der Waals surface area contributed by atoms with Gasteiger partial charge in [0.1, 0.15) is 0 Å². The van der Waals surface area contributed by atoms with Crippen LogP contribution >= 0.6 is 0 Å². The van der Waals surface area contributed by atoms with E-state index in [2.05, 4.69) is 9.88 Å². The first-order valence-corrected chi connectivity index (χ1v) is 10.7. The predicted octanol–water partition coefficient (Wildman–Crippen LogP) is 2.68. The number of fused-ring (bicyclic) bond motifs is 4. The van der Waals surface area contributed by atoms with E-state index in [0.29, 0.717) is 17.4 Å². The zero-order valence-corrected chi connectivity index (χ0v) is 15.9. The number of nitrogens with zero attached hydrogens (tertiary/aromatic N) is 3. The lowest BCUT2D eigenvalue weighted by Gasteiger charge is -2.35. The molecule has 5 nitrogen and oxygen atoms in total. The molecule has 0 amide bonds. The third-order valence-corrected chi connectivity index (χ3v) is 7.61. The van der Waals surface area contributed by atoms with Crippen LogP contribution in [0.3, 0.4) is 0 Å². The standard InChI is InChI=1S/C20H25N3O2S/c1-16-6-2-3-8-20(16)26(24,25)23-13-17-9-10-19(23)15-22(12-17)14-18-7-4-5-11-21-18/h2-8,11,17,19H,9-10,12-15H2,1H3/t17-,19+/m0/s1. The lowest BCUT2D eigenvalue weighted by Crippen LogP contribution is -2.47.